The number of benzene rings is 1. The van der Waals surface area contributed by atoms with Crippen molar-refractivity contribution in [1.29, 1.82) is 0 Å². The smallest absolute Gasteiger partial charge is 0.115 e. The van der Waals surface area contributed by atoms with Crippen molar-refractivity contribution in [2.24, 2.45) is 5.92 Å². The maximum Gasteiger partial charge on any atom is 0.115 e. The summed E-state index contributed by atoms with van der Waals surface area (Å²) in [7, 11) is 2.20. The molecule has 1 aromatic rings. The van der Waals surface area contributed by atoms with Gasteiger partial charge in [-0.1, -0.05) is 25.5 Å². The van der Waals surface area contributed by atoms with E-state index in [4.69, 9.17) is 0 Å². The van der Waals surface area contributed by atoms with E-state index in [9.17, 15) is 5.11 Å². The van der Waals surface area contributed by atoms with Crippen molar-refractivity contribution in [3.63, 3.8) is 0 Å². The van der Waals surface area contributed by atoms with Gasteiger partial charge in [0.25, 0.3) is 0 Å². The number of hydrogen-bond acceptors (Lipinski definition) is 2. The second-order valence-electron chi connectivity index (χ2n) is 5.21. The number of piperidine rings is 1. The monoisotopic (exact) mass is 233 g/mol. The Kier molecular flexibility index (Phi) is 4.06. The topological polar surface area (TPSA) is 23.5 Å². The number of likely N-dealkylation sites (tertiary alicyclic amines) is 1. The predicted octanol–water partition coefficient (Wildman–Crippen LogP) is 3.58. The molecular formula is C15H23NO. The van der Waals surface area contributed by atoms with Gasteiger partial charge in [0.1, 0.15) is 5.75 Å². The van der Waals surface area contributed by atoms with Crippen molar-refractivity contribution in [2.45, 2.75) is 38.6 Å². The molecule has 1 aliphatic heterocycles. The first-order chi connectivity index (χ1) is 8.22. The summed E-state index contributed by atoms with van der Waals surface area (Å²) in [5, 5.41) is 9.63. The van der Waals surface area contributed by atoms with Gasteiger partial charge in [0.05, 0.1) is 0 Å². The SMILES string of the molecule is CCCC1CCCN(C)C1c1cccc(O)c1. The summed E-state index contributed by atoms with van der Waals surface area (Å²) in [6.45, 7) is 3.43. The van der Waals surface area contributed by atoms with Crippen LogP contribution in [0.1, 0.15) is 44.2 Å². The fourth-order valence-electron chi connectivity index (χ4n) is 3.17. The third kappa shape index (κ3) is 2.81. The van der Waals surface area contributed by atoms with Gasteiger partial charge < -0.3 is 5.11 Å². The number of nitrogens with zero attached hydrogens (tertiary/aromatic N) is 1. The van der Waals surface area contributed by atoms with E-state index in [2.05, 4.69) is 24.9 Å². The van der Waals surface area contributed by atoms with Crippen molar-refractivity contribution in [3.05, 3.63) is 29.8 Å². The minimum Gasteiger partial charge on any atom is -0.508 e. The molecule has 1 aliphatic rings. The van der Waals surface area contributed by atoms with Gasteiger partial charge in [-0.3, -0.25) is 4.90 Å². The van der Waals surface area contributed by atoms with Crippen LogP contribution in [0.2, 0.25) is 0 Å². The molecule has 2 rings (SSSR count). The van der Waals surface area contributed by atoms with Crippen LogP contribution in [0.5, 0.6) is 5.75 Å². The standard InChI is InChI=1S/C15H23NO/c1-3-6-12-8-5-10-16(2)15(12)13-7-4-9-14(17)11-13/h4,7,9,11-12,15,17H,3,5-6,8,10H2,1-2H3. The van der Waals surface area contributed by atoms with E-state index >= 15 is 0 Å². The zero-order valence-electron chi connectivity index (χ0n) is 10.9. The molecule has 1 heterocycles. The number of hydrogen-bond donors (Lipinski definition) is 1. The van der Waals surface area contributed by atoms with E-state index in [1.54, 1.807) is 6.07 Å². The van der Waals surface area contributed by atoms with Gasteiger partial charge in [0, 0.05) is 6.04 Å². The number of aromatic hydroxyl groups is 1. The fourth-order valence-corrected chi connectivity index (χ4v) is 3.17. The van der Waals surface area contributed by atoms with Gasteiger partial charge in [-0.2, -0.15) is 0 Å². The molecule has 0 amide bonds. The molecule has 0 aliphatic carbocycles. The third-order valence-electron chi connectivity index (χ3n) is 3.88. The zero-order chi connectivity index (χ0) is 12.3. The Morgan fingerprint density at radius 3 is 2.94 bits per heavy atom. The largest absolute Gasteiger partial charge is 0.508 e. The highest BCUT2D eigenvalue weighted by atomic mass is 16.3. The van der Waals surface area contributed by atoms with Gasteiger partial charge >= 0.3 is 0 Å². The van der Waals surface area contributed by atoms with Gasteiger partial charge in [-0.25, -0.2) is 0 Å². The quantitative estimate of drug-likeness (QED) is 0.862. The Bertz CT molecular complexity index is 362. The van der Waals surface area contributed by atoms with Crippen LogP contribution in [0.4, 0.5) is 0 Å². The minimum absolute atomic E-state index is 0.386. The Hall–Kier alpha value is -1.02. The molecule has 17 heavy (non-hydrogen) atoms. The summed E-state index contributed by atoms with van der Waals surface area (Å²) in [5.41, 5.74) is 1.27. The first-order valence-corrected chi connectivity index (χ1v) is 6.71. The van der Waals surface area contributed by atoms with E-state index in [-0.39, 0.29) is 0 Å². The lowest BCUT2D eigenvalue weighted by atomic mass is 9.82. The molecule has 1 fully saturated rings. The van der Waals surface area contributed by atoms with Crippen LogP contribution in [0.15, 0.2) is 24.3 Å². The van der Waals surface area contributed by atoms with E-state index in [0.29, 0.717) is 11.8 Å². The third-order valence-corrected chi connectivity index (χ3v) is 3.88. The van der Waals surface area contributed by atoms with Crippen LogP contribution < -0.4 is 0 Å². The molecule has 1 N–H and O–H groups in total. The number of rotatable bonds is 3. The molecule has 2 heteroatoms. The molecule has 0 saturated carbocycles. The van der Waals surface area contributed by atoms with Crippen LogP contribution in [0, 0.1) is 5.92 Å². The molecule has 0 radical (unpaired) electrons. The lowest BCUT2D eigenvalue weighted by molar-refractivity contribution is 0.114. The van der Waals surface area contributed by atoms with E-state index < -0.39 is 0 Å². The van der Waals surface area contributed by atoms with Crippen LogP contribution >= 0.6 is 0 Å². The molecule has 1 saturated heterocycles. The summed E-state index contributed by atoms with van der Waals surface area (Å²) in [5.74, 6) is 1.12. The van der Waals surface area contributed by atoms with E-state index in [0.717, 1.165) is 5.92 Å². The van der Waals surface area contributed by atoms with E-state index in [1.807, 2.05) is 12.1 Å². The predicted molar refractivity (Wildman–Crippen MR) is 71.1 cm³/mol. The highest BCUT2D eigenvalue weighted by molar-refractivity contribution is 5.30. The Labute approximate surface area is 104 Å². The molecular weight excluding hydrogens is 210 g/mol. The Morgan fingerprint density at radius 2 is 2.24 bits per heavy atom. The molecule has 2 atom stereocenters. The van der Waals surface area contributed by atoms with Gasteiger partial charge in [0.2, 0.25) is 0 Å². The average Bonchev–Trinajstić information content (AvgIpc) is 2.29. The van der Waals surface area contributed by atoms with Crippen LogP contribution in [-0.4, -0.2) is 23.6 Å². The van der Waals surface area contributed by atoms with Crippen molar-refractivity contribution < 1.29 is 5.11 Å². The minimum atomic E-state index is 0.386. The van der Waals surface area contributed by atoms with Crippen molar-refractivity contribution in [1.82, 2.24) is 4.90 Å². The van der Waals surface area contributed by atoms with Crippen LogP contribution in [0.25, 0.3) is 0 Å². The molecule has 2 nitrogen and oxygen atoms in total. The fraction of sp³-hybridized carbons (Fsp3) is 0.600. The van der Waals surface area contributed by atoms with Gasteiger partial charge in [-0.05, 0) is 56.5 Å². The van der Waals surface area contributed by atoms with Crippen molar-refractivity contribution in [2.75, 3.05) is 13.6 Å². The molecule has 2 unspecified atom stereocenters. The summed E-state index contributed by atoms with van der Waals surface area (Å²) in [6, 6.07) is 8.26. The molecule has 94 valence electrons. The molecule has 0 bridgehead atoms. The van der Waals surface area contributed by atoms with Crippen LogP contribution in [-0.2, 0) is 0 Å². The van der Waals surface area contributed by atoms with E-state index in [1.165, 1.54) is 37.8 Å². The van der Waals surface area contributed by atoms with Crippen LogP contribution in [0.3, 0.4) is 0 Å². The zero-order valence-corrected chi connectivity index (χ0v) is 10.9. The molecule has 0 spiro atoms. The average molecular weight is 233 g/mol. The first kappa shape index (κ1) is 12.4. The number of phenols is 1. The Morgan fingerprint density at radius 1 is 1.41 bits per heavy atom. The first-order valence-electron chi connectivity index (χ1n) is 6.71. The Balaban J connectivity index is 2.24. The lowest BCUT2D eigenvalue weighted by Gasteiger charge is -2.39. The summed E-state index contributed by atoms with van der Waals surface area (Å²) in [4.78, 5) is 2.44. The molecule has 1 aromatic carbocycles. The van der Waals surface area contributed by atoms with Gasteiger partial charge in [0.15, 0.2) is 0 Å². The van der Waals surface area contributed by atoms with Gasteiger partial charge in [-0.15, -0.1) is 0 Å². The van der Waals surface area contributed by atoms with Crippen molar-refractivity contribution in [3.8, 4) is 5.75 Å². The summed E-state index contributed by atoms with van der Waals surface area (Å²) >= 11 is 0. The maximum atomic E-state index is 9.63. The summed E-state index contributed by atoms with van der Waals surface area (Å²) in [6.07, 6.45) is 5.15. The lowest BCUT2D eigenvalue weighted by Crippen LogP contribution is -2.36. The summed E-state index contributed by atoms with van der Waals surface area (Å²) < 4.78 is 0. The number of phenolic OH excluding ortho intramolecular Hbond substituents is 1. The maximum absolute atomic E-state index is 9.63. The van der Waals surface area contributed by atoms with Crippen molar-refractivity contribution >= 4 is 0 Å². The highest BCUT2D eigenvalue weighted by Gasteiger charge is 2.29. The normalized spacial score (nSPS) is 26.0. The second kappa shape index (κ2) is 5.54. The second-order valence-corrected chi connectivity index (χ2v) is 5.21. The molecule has 0 aromatic heterocycles. The highest BCUT2D eigenvalue weighted by Crippen LogP contribution is 2.38.